The van der Waals surface area contributed by atoms with E-state index >= 15 is 0 Å². The summed E-state index contributed by atoms with van der Waals surface area (Å²) in [5.41, 5.74) is 3.65. The number of aryl methyl sites for hydroxylation is 1. The fourth-order valence-electron chi connectivity index (χ4n) is 3.57. The first-order valence-corrected chi connectivity index (χ1v) is 10.7. The quantitative estimate of drug-likeness (QED) is 0.431. The van der Waals surface area contributed by atoms with E-state index in [1.807, 2.05) is 48.7 Å². The van der Waals surface area contributed by atoms with Crippen molar-refractivity contribution >= 4 is 34.5 Å². The third kappa shape index (κ3) is 3.62. The molecule has 0 radical (unpaired) electrons. The smallest absolute Gasteiger partial charge is 0.232 e. The number of amides is 1. The van der Waals surface area contributed by atoms with Crippen molar-refractivity contribution in [3.05, 3.63) is 69.8 Å². The zero-order valence-corrected chi connectivity index (χ0v) is 17.7. The Morgan fingerprint density at radius 2 is 1.93 bits per heavy atom. The molecule has 1 aliphatic heterocycles. The monoisotopic (exact) mass is 436 g/mol. The maximum absolute atomic E-state index is 12.5. The Kier molecular flexibility index (Phi) is 4.84. The minimum absolute atomic E-state index is 0.0184. The van der Waals surface area contributed by atoms with Crippen LogP contribution in [0.3, 0.4) is 0 Å². The zero-order valence-electron chi connectivity index (χ0n) is 16.1. The summed E-state index contributed by atoms with van der Waals surface area (Å²) < 4.78 is 5.50. The summed E-state index contributed by atoms with van der Waals surface area (Å²) in [6.45, 7) is 2.48. The molecule has 1 aliphatic rings. The summed E-state index contributed by atoms with van der Waals surface area (Å²) >= 11 is 7.69. The molecule has 6 nitrogen and oxygen atoms in total. The normalized spacial score (nSPS) is 16.4. The molecule has 1 saturated heterocycles. The van der Waals surface area contributed by atoms with Gasteiger partial charge in [0.25, 0.3) is 0 Å². The van der Waals surface area contributed by atoms with Crippen LogP contribution >= 0.6 is 22.9 Å². The van der Waals surface area contributed by atoms with Crippen molar-refractivity contribution in [2.45, 2.75) is 19.3 Å². The van der Waals surface area contributed by atoms with E-state index in [4.69, 9.17) is 16.1 Å². The van der Waals surface area contributed by atoms with Gasteiger partial charge in [-0.2, -0.15) is 4.98 Å². The second-order valence-electron chi connectivity index (χ2n) is 7.17. The highest BCUT2D eigenvalue weighted by atomic mass is 35.5. The lowest BCUT2D eigenvalue weighted by molar-refractivity contribution is -0.117. The molecule has 1 amide bonds. The molecular formula is C22H17ClN4O2S. The summed E-state index contributed by atoms with van der Waals surface area (Å²) in [5.74, 6) is 0.863. The third-order valence-electron chi connectivity index (χ3n) is 5.09. The first kappa shape index (κ1) is 19.0. The molecule has 30 heavy (non-hydrogen) atoms. The molecule has 0 saturated carbocycles. The molecule has 1 fully saturated rings. The van der Waals surface area contributed by atoms with E-state index in [-0.39, 0.29) is 11.8 Å². The summed E-state index contributed by atoms with van der Waals surface area (Å²) in [6.07, 6.45) is 0.330. The molecule has 2 aromatic carbocycles. The Hall–Kier alpha value is -3.03. The van der Waals surface area contributed by atoms with Gasteiger partial charge >= 0.3 is 0 Å². The number of carbonyl (C=O) groups is 1. The first-order valence-electron chi connectivity index (χ1n) is 9.49. The number of benzene rings is 2. The number of thiazole rings is 1. The summed E-state index contributed by atoms with van der Waals surface area (Å²) in [5, 5.41) is 7.80. The zero-order chi connectivity index (χ0) is 20.7. The van der Waals surface area contributed by atoms with Crippen molar-refractivity contribution < 1.29 is 9.32 Å². The fourth-order valence-corrected chi connectivity index (χ4v) is 4.38. The van der Waals surface area contributed by atoms with Gasteiger partial charge < -0.3 is 9.42 Å². The van der Waals surface area contributed by atoms with Crippen molar-refractivity contribution in [3.8, 4) is 22.6 Å². The van der Waals surface area contributed by atoms with Gasteiger partial charge in [0, 0.05) is 40.2 Å². The van der Waals surface area contributed by atoms with Crippen molar-refractivity contribution in [1.29, 1.82) is 0 Å². The van der Waals surface area contributed by atoms with Crippen LogP contribution in [0, 0.1) is 6.92 Å². The van der Waals surface area contributed by atoms with Crippen molar-refractivity contribution in [2.24, 2.45) is 0 Å². The van der Waals surface area contributed by atoms with E-state index in [9.17, 15) is 4.79 Å². The van der Waals surface area contributed by atoms with Gasteiger partial charge in [-0.05, 0) is 25.1 Å². The minimum Gasteiger partial charge on any atom is -0.339 e. The number of rotatable bonds is 4. The molecule has 150 valence electrons. The van der Waals surface area contributed by atoms with Crippen LogP contribution in [-0.2, 0) is 4.79 Å². The minimum atomic E-state index is -0.144. The number of hydrogen-bond donors (Lipinski definition) is 0. The van der Waals surface area contributed by atoms with E-state index < -0.39 is 0 Å². The maximum Gasteiger partial charge on any atom is 0.232 e. The van der Waals surface area contributed by atoms with Crippen LogP contribution < -0.4 is 4.90 Å². The molecule has 0 N–H and O–H groups in total. The molecule has 0 bridgehead atoms. The number of carbonyl (C=O) groups excluding carboxylic acids is 1. The molecule has 0 unspecified atom stereocenters. The molecule has 0 aliphatic carbocycles. The Morgan fingerprint density at radius 1 is 1.13 bits per heavy atom. The topological polar surface area (TPSA) is 72.1 Å². The van der Waals surface area contributed by atoms with Crippen LogP contribution in [0.15, 0.2) is 58.4 Å². The molecule has 2 aromatic heterocycles. The number of aromatic nitrogens is 3. The highest BCUT2D eigenvalue weighted by molar-refractivity contribution is 7.09. The van der Waals surface area contributed by atoms with Crippen LogP contribution in [0.2, 0.25) is 5.02 Å². The number of anilines is 1. The molecule has 1 atom stereocenters. The van der Waals surface area contributed by atoms with Gasteiger partial charge in [0.2, 0.25) is 17.6 Å². The van der Waals surface area contributed by atoms with Crippen molar-refractivity contribution in [3.63, 3.8) is 0 Å². The van der Waals surface area contributed by atoms with E-state index in [0.29, 0.717) is 29.7 Å². The van der Waals surface area contributed by atoms with Crippen molar-refractivity contribution in [1.82, 2.24) is 15.1 Å². The van der Waals surface area contributed by atoms with Crippen LogP contribution in [0.1, 0.15) is 23.2 Å². The first-order chi connectivity index (χ1) is 14.6. The third-order valence-corrected chi connectivity index (χ3v) is 6.10. The van der Waals surface area contributed by atoms with Gasteiger partial charge in [-0.15, -0.1) is 11.3 Å². The second kappa shape index (κ2) is 7.66. The SMILES string of the molecule is Cc1nc(-c2ccc(-c3noc([C@@H]4CC(=O)N(c5cccc(Cl)c5)C4)n3)cc2)cs1. The molecular weight excluding hydrogens is 420 g/mol. The largest absolute Gasteiger partial charge is 0.339 e. The molecule has 5 rings (SSSR count). The predicted molar refractivity (Wildman–Crippen MR) is 117 cm³/mol. The Morgan fingerprint density at radius 3 is 2.67 bits per heavy atom. The van der Waals surface area contributed by atoms with E-state index in [0.717, 1.165) is 27.5 Å². The van der Waals surface area contributed by atoms with Gasteiger partial charge in [0.15, 0.2) is 0 Å². The highest BCUT2D eigenvalue weighted by Crippen LogP contribution is 2.33. The lowest BCUT2D eigenvalue weighted by Crippen LogP contribution is -2.24. The maximum atomic E-state index is 12.5. The van der Waals surface area contributed by atoms with Crippen LogP contribution in [0.4, 0.5) is 5.69 Å². The lowest BCUT2D eigenvalue weighted by atomic mass is 10.1. The summed E-state index contributed by atoms with van der Waals surface area (Å²) in [6, 6.07) is 15.2. The predicted octanol–water partition coefficient (Wildman–Crippen LogP) is 5.34. The summed E-state index contributed by atoms with van der Waals surface area (Å²) in [7, 11) is 0. The van der Waals surface area contributed by atoms with Crippen molar-refractivity contribution in [2.75, 3.05) is 11.4 Å². The van der Waals surface area contributed by atoms with Crippen LogP contribution in [0.5, 0.6) is 0 Å². The van der Waals surface area contributed by atoms with E-state index in [1.165, 1.54) is 0 Å². The second-order valence-corrected chi connectivity index (χ2v) is 8.67. The number of nitrogens with zero attached hydrogens (tertiary/aromatic N) is 4. The Labute approximate surface area is 182 Å². The van der Waals surface area contributed by atoms with Gasteiger partial charge in [0.1, 0.15) is 0 Å². The number of hydrogen-bond acceptors (Lipinski definition) is 6. The molecule has 4 aromatic rings. The standard InChI is InChI=1S/C22H17ClN4O2S/c1-13-24-19(12-30-13)14-5-7-15(8-6-14)21-25-22(29-26-21)16-9-20(28)27(11-16)18-4-2-3-17(23)10-18/h2-8,10,12,16H,9,11H2,1H3/t16-/m1/s1. The molecule has 0 spiro atoms. The van der Waals surface area contributed by atoms with Crippen LogP contribution in [0.25, 0.3) is 22.6 Å². The lowest BCUT2D eigenvalue weighted by Gasteiger charge is -2.16. The summed E-state index contributed by atoms with van der Waals surface area (Å²) in [4.78, 5) is 23.3. The van der Waals surface area contributed by atoms with Gasteiger partial charge in [-0.3, -0.25) is 4.79 Å². The Balaban J connectivity index is 1.34. The molecule has 8 heteroatoms. The van der Waals surface area contributed by atoms with E-state index in [2.05, 4.69) is 15.1 Å². The fraction of sp³-hybridized carbons (Fsp3) is 0.182. The van der Waals surface area contributed by atoms with Gasteiger partial charge in [-0.25, -0.2) is 4.98 Å². The average molecular weight is 437 g/mol. The average Bonchev–Trinajstić information content (AvgIpc) is 3.48. The van der Waals surface area contributed by atoms with Crippen LogP contribution in [-0.4, -0.2) is 27.6 Å². The van der Waals surface area contributed by atoms with E-state index in [1.54, 1.807) is 28.4 Å². The van der Waals surface area contributed by atoms with Gasteiger partial charge in [0.05, 0.1) is 16.6 Å². The highest BCUT2D eigenvalue weighted by Gasteiger charge is 2.35. The molecule has 3 heterocycles. The Bertz CT molecular complexity index is 1220. The van der Waals surface area contributed by atoms with Gasteiger partial charge in [-0.1, -0.05) is 47.1 Å². The number of halogens is 1.